The average Bonchev–Trinajstić information content (AvgIpc) is 3.01. The Hall–Kier alpha value is -2.26. The Bertz CT molecular complexity index is 718. The number of carbonyl (C=O) groups excluding carboxylic acids is 1. The molecule has 2 aromatic heterocycles. The summed E-state index contributed by atoms with van der Waals surface area (Å²) in [7, 11) is 0. The minimum absolute atomic E-state index is 0.253. The molecule has 2 aromatic rings. The lowest BCUT2D eigenvalue weighted by molar-refractivity contribution is 0.0525. The highest BCUT2D eigenvalue weighted by Crippen LogP contribution is 2.35. The highest BCUT2D eigenvalue weighted by atomic mass is 32.2. The molecular weight excluding hydrogens is 300 g/mol. The minimum Gasteiger partial charge on any atom is -0.464 e. The SMILES string of the molecule is CCOC(=O)c1c(C)nc(SCC)c(C#N)c1-c1ccco1. The number of pyridine rings is 1. The Morgan fingerprint density at radius 2 is 2.27 bits per heavy atom. The topological polar surface area (TPSA) is 76.1 Å². The number of carbonyl (C=O) groups is 1. The number of nitriles is 1. The van der Waals surface area contributed by atoms with Gasteiger partial charge in [0, 0.05) is 0 Å². The third-order valence-corrected chi connectivity index (χ3v) is 3.84. The quantitative estimate of drug-likeness (QED) is 0.616. The van der Waals surface area contributed by atoms with Gasteiger partial charge >= 0.3 is 5.97 Å². The van der Waals surface area contributed by atoms with E-state index in [0.717, 1.165) is 5.75 Å². The maximum absolute atomic E-state index is 12.3. The van der Waals surface area contributed by atoms with Gasteiger partial charge < -0.3 is 9.15 Å². The summed E-state index contributed by atoms with van der Waals surface area (Å²) in [6, 6.07) is 5.59. The summed E-state index contributed by atoms with van der Waals surface area (Å²) in [6.45, 7) is 5.71. The second-order valence-corrected chi connectivity index (χ2v) is 5.62. The summed E-state index contributed by atoms with van der Waals surface area (Å²) in [6.07, 6.45) is 1.51. The zero-order valence-electron chi connectivity index (χ0n) is 12.7. The maximum atomic E-state index is 12.3. The van der Waals surface area contributed by atoms with E-state index in [1.807, 2.05) is 6.92 Å². The van der Waals surface area contributed by atoms with E-state index in [9.17, 15) is 10.1 Å². The molecule has 0 fully saturated rings. The molecule has 0 unspecified atom stereocenters. The number of aryl methyl sites for hydroxylation is 1. The van der Waals surface area contributed by atoms with E-state index >= 15 is 0 Å². The second-order valence-electron chi connectivity index (χ2n) is 4.37. The zero-order valence-corrected chi connectivity index (χ0v) is 13.5. The van der Waals surface area contributed by atoms with Crippen molar-refractivity contribution in [2.75, 3.05) is 12.4 Å². The molecule has 0 saturated carbocycles. The van der Waals surface area contributed by atoms with Crippen molar-refractivity contribution in [1.29, 1.82) is 5.26 Å². The van der Waals surface area contributed by atoms with Gasteiger partial charge in [-0.1, -0.05) is 6.92 Å². The highest BCUT2D eigenvalue weighted by molar-refractivity contribution is 7.99. The number of furan rings is 1. The van der Waals surface area contributed by atoms with Crippen LogP contribution in [0.5, 0.6) is 0 Å². The van der Waals surface area contributed by atoms with E-state index in [1.54, 1.807) is 26.0 Å². The lowest BCUT2D eigenvalue weighted by Crippen LogP contribution is -2.12. The van der Waals surface area contributed by atoms with Crippen LogP contribution in [0.4, 0.5) is 0 Å². The Labute approximate surface area is 133 Å². The molecular formula is C16H16N2O3S. The van der Waals surface area contributed by atoms with E-state index in [1.165, 1.54) is 18.0 Å². The number of nitrogens with zero attached hydrogens (tertiary/aromatic N) is 2. The monoisotopic (exact) mass is 316 g/mol. The van der Waals surface area contributed by atoms with Crippen molar-refractivity contribution in [2.24, 2.45) is 0 Å². The van der Waals surface area contributed by atoms with Gasteiger partial charge in [0.15, 0.2) is 0 Å². The first kappa shape index (κ1) is 16.1. The van der Waals surface area contributed by atoms with Gasteiger partial charge in [-0.05, 0) is 31.7 Å². The van der Waals surface area contributed by atoms with Gasteiger partial charge in [0.1, 0.15) is 16.9 Å². The molecule has 0 saturated heterocycles. The summed E-state index contributed by atoms with van der Waals surface area (Å²) in [5.74, 6) is 0.740. The molecule has 0 radical (unpaired) electrons. The van der Waals surface area contributed by atoms with Crippen LogP contribution in [-0.2, 0) is 4.74 Å². The van der Waals surface area contributed by atoms with E-state index in [0.29, 0.717) is 27.6 Å². The van der Waals surface area contributed by atoms with Crippen molar-refractivity contribution in [3.8, 4) is 17.4 Å². The Morgan fingerprint density at radius 1 is 1.50 bits per heavy atom. The Morgan fingerprint density at radius 3 is 2.82 bits per heavy atom. The fourth-order valence-corrected chi connectivity index (χ4v) is 2.91. The van der Waals surface area contributed by atoms with Crippen LogP contribution in [0.2, 0.25) is 0 Å². The van der Waals surface area contributed by atoms with Crippen LogP contribution in [0.1, 0.15) is 35.5 Å². The summed E-state index contributed by atoms with van der Waals surface area (Å²) in [4.78, 5) is 16.7. The molecule has 0 atom stereocenters. The van der Waals surface area contributed by atoms with Crippen LogP contribution in [0.3, 0.4) is 0 Å². The molecule has 6 heteroatoms. The fourth-order valence-electron chi connectivity index (χ4n) is 2.14. The van der Waals surface area contributed by atoms with Crippen molar-refractivity contribution in [3.05, 3.63) is 35.2 Å². The van der Waals surface area contributed by atoms with E-state index in [4.69, 9.17) is 9.15 Å². The van der Waals surface area contributed by atoms with Crippen LogP contribution >= 0.6 is 11.8 Å². The molecule has 0 aliphatic heterocycles. The predicted molar refractivity (Wildman–Crippen MR) is 83.7 cm³/mol. The lowest BCUT2D eigenvalue weighted by atomic mass is 9.99. The maximum Gasteiger partial charge on any atom is 0.340 e. The molecule has 22 heavy (non-hydrogen) atoms. The standard InChI is InChI=1S/C16H16N2O3S/c1-4-20-16(19)13-10(3)18-15(22-5-2)11(9-17)14(13)12-7-6-8-21-12/h6-8H,4-5H2,1-3H3. The summed E-state index contributed by atoms with van der Waals surface area (Å²) >= 11 is 1.46. The van der Waals surface area contributed by atoms with E-state index in [2.05, 4.69) is 11.1 Å². The molecule has 0 N–H and O–H groups in total. The fraction of sp³-hybridized carbons (Fsp3) is 0.312. The van der Waals surface area contributed by atoms with Gasteiger partial charge in [-0.25, -0.2) is 9.78 Å². The van der Waals surface area contributed by atoms with Crippen molar-refractivity contribution >= 4 is 17.7 Å². The molecule has 0 aliphatic rings. The predicted octanol–water partition coefficient (Wildman–Crippen LogP) is 3.81. The van der Waals surface area contributed by atoms with Gasteiger partial charge in [0.25, 0.3) is 0 Å². The minimum atomic E-state index is -0.497. The number of esters is 1. The third-order valence-electron chi connectivity index (χ3n) is 2.98. The molecule has 0 bridgehead atoms. The Balaban J connectivity index is 2.78. The summed E-state index contributed by atoms with van der Waals surface area (Å²) in [5, 5.41) is 10.2. The zero-order chi connectivity index (χ0) is 16.1. The van der Waals surface area contributed by atoms with Crippen LogP contribution in [0.15, 0.2) is 27.8 Å². The first-order valence-electron chi connectivity index (χ1n) is 6.92. The summed E-state index contributed by atoms with van der Waals surface area (Å²) < 4.78 is 10.5. The molecule has 2 rings (SSSR count). The van der Waals surface area contributed by atoms with Gasteiger partial charge in [-0.3, -0.25) is 0 Å². The first-order valence-corrected chi connectivity index (χ1v) is 7.91. The number of aromatic nitrogens is 1. The van der Waals surface area contributed by atoms with E-state index < -0.39 is 5.97 Å². The number of thioether (sulfide) groups is 1. The molecule has 0 amide bonds. The second kappa shape index (κ2) is 7.14. The number of rotatable bonds is 5. The number of hydrogen-bond donors (Lipinski definition) is 0. The van der Waals surface area contributed by atoms with Gasteiger partial charge in [-0.15, -0.1) is 11.8 Å². The lowest BCUT2D eigenvalue weighted by Gasteiger charge is -2.14. The van der Waals surface area contributed by atoms with Crippen LogP contribution in [0, 0.1) is 18.3 Å². The van der Waals surface area contributed by atoms with E-state index in [-0.39, 0.29) is 12.2 Å². The number of hydrogen-bond acceptors (Lipinski definition) is 6. The third kappa shape index (κ3) is 3.00. The molecule has 114 valence electrons. The first-order chi connectivity index (χ1) is 10.6. The summed E-state index contributed by atoms with van der Waals surface area (Å²) in [5.41, 5.74) is 1.61. The molecule has 0 spiro atoms. The smallest absolute Gasteiger partial charge is 0.340 e. The highest BCUT2D eigenvalue weighted by Gasteiger charge is 2.26. The van der Waals surface area contributed by atoms with Crippen LogP contribution in [-0.4, -0.2) is 23.3 Å². The van der Waals surface area contributed by atoms with Gasteiger partial charge in [0.2, 0.25) is 0 Å². The van der Waals surface area contributed by atoms with Crippen molar-refractivity contribution < 1.29 is 13.9 Å². The largest absolute Gasteiger partial charge is 0.464 e. The van der Waals surface area contributed by atoms with Gasteiger partial charge in [0.05, 0.1) is 35.3 Å². The normalized spacial score (nSPS) is 10.3. The van der Waals surface area contributed by atoms with Crippen LogP contribution in [0.25, 0.3) is 11.3 Å². The van der Waals surface area contributed by atoms with Crippen LogP contribution < -0.4 is 0 Å². The number of ether oxygens (including phenoxy) is 1. The molecule has 5 nitrogen and oxygen atoms in total. The molecule has 0 aromatic carbocycles. The molecule has 0 aliphatic carbocycles. The molecule has 2 heterocycles. The van der Waals surface area contributed by atoms with Gasteiger partial charge in [-0.2, -0.15) is 5.26 Å². The van der Waals surface area contributed by atoms with Crippen molar-refractivity contribution in [2.45, 2.75) is 25.8 Å². The van der Waals surface area contributed by atoms with Crippen molar-refractivity contribution in [3.63, 3.8) is 0 Å². The Kier molecular flexibility index (Phi) is 5.23. The average molecular weight is 316 g/mol. The van der Waals surface area contributed by atoms with Crippen molar-refractivity contribution in [1.82, 2.24) is 4.98 Å².